The Morgan fingerprint density at radius 1 is 1.19 bits per heavy atom. The van der Waals surface area contributed by atoms with Crippen molar-refractivity contribution >= 4 is 39.1 Å². The third-order valence-corrected chi connectivity index (χ3v) is 6.38. The fourth-order valence-corrected chi connectivity index (χ4v) is 5.00. The number of imide groups is 1. The number of rotatable bonds is 5. The van der Waals surface area contributed by atoms with E-state index in [0.717, 1.165) is 29.8 Å². The number of benzene rings is 1. The van der Waals surface area contributed by atoms with Gasteiger partial charge < -0.3 is 13.9 Å². The van der Waals surface area contributed by atoms with Gasteiger partial charge in [-0.3, -0.25) is 0 Å². The average molecular weight is 467 g/mol. The summed E-state index contributed by atoms with van der Waals surface area (Å²) >= 11 is 0. The van der Waals surface area contributed by atoms with Crippen LogP contribution in [0, 0.1) is 6.92 Å². The topological polar surface area (TPSA) is 132 Å². The SMILES string of the molecule is CCOC(=O)c1c(C)oc2ccc(OC(=O)NC(=O)N(C3CCCCC3)S(C)(=O)=O)cc12. The number of carbonyl (C=O) groups is 3. The Labute approximate surface area is 185 Å². The molecule has 0 saturated heterocycles. The van der Waals surface area contributed by atoms with Crippen molar-refractivity contribution in [3.05, 3.63) is 29.5 Å². The summed E-state index contributed by atoms with van der Waals surface area (Å²) in [5, 5.41) is 2.36. The quantitative estimate of drug-likeness (QED) is 0.659. The molecule has 0 radical (unpaired) electrons. The molecule has 1 aliphatic carbocycles. The van der Waals surface area contributed by atoms with Gasteiger partial charge >= 0.3 is 18.1 Å². The van der Waals surface area contributed by atoms with Crippen LogP contribution in [0.5, 0.6) is 5.75 Å². The number of ether oxygens (including phenoxy) is 2. The molecule has 0 unspecified atom stereocenters. The van der Waals surface area contributed by atoms with Crippen LogP contribution in [-0.4, -0.2) is 49.7 Å². The van der Waals surface area contributed by atoms with Crippen LogP contribution >= 0.6 is 0 Å². The third-order valence-electron chi connectivity index (χ3n) is 5.20. The molecule has 0 atom stereocenters. The molecule has 0 spiro atoms. The van der Waals surface area contributed by atoms with E-state index in [0.29, 0.717) is 29.6 Å². The number of nitrogens with zero attached hydrogens (tertiary/aromatic N) is 1. The zero-order chi connectivity index (χ0) is 23.5. The molecule has 174 valence electrons. The molecule has 1 N–H and O–H groups in total. The number of hydrogen-bond acceptors (Lipinski definition) is 8. The van der Waals surface area contributed by atoms with Crippen LogP contribution in [0.25, 0.3) is 11.0 Å². The first kappa shape index (κ1) is 23.6. The van der Waals surface area contributed by atoms with Gasteiger partial charge in [-0.25, -0.2) is 32.4 Å². The first-order chi connectivity index (χ1) is 15.1. The number of carbonyl (C=O) groups excluding carboxylic acids is 3. The number of amides is 3. The van der Waals surface area contributed by atoms with Crippen molar-refractivity contribution in [3.63, 3.8) is 0 Å². The molecule has 1 aromatic heterocycles. The van der Waals surface area contributed by atoms with Crippen molar-refractivity contribution in [3.8, 4) is 5.75 Å². The fourth-order valence-electron chi connectivity index (χ4n) is 3.90. The minimum absolute atomic E-state index is 0.0396. The summed E-state index contributed by atoms with van der Waals surface area (Å²) < 4.78 is 40.8. The summed E-state index contributed by atoms with van der Waals surface area (Å²) in [7, 11) is -3.88. The van der Waals surface area contributed by atoms with E-state index in [2.05, 4.69) is 0 Å². The molecule has 3 amide bonds. The lowest BCUT2D eigenvalue weighted by Crippen LogP contribution is -2.51. The van der Waals surface area contributed by atoms with Crippen LogP contribution in [0.4, 0.5) is 9.59 Å². The second-order valence-corrected chi connectivity index (χ2v) is 9.44. The van der Waals surface area contributed by atoms with Gasteiger partial charge in [0.1, 0.15) is 22.7 Å². The standard InChI is InChI=1S/C21H26N2O8S/c1-4-29-19(24)18-13(2)30-17-11-10-15(12-16(17)18)31-21(26)22-20(25)23(32(3,27)28)14-8-6-5-7-9-14/h10-12,14H,4-9H2,1-3H3,(H,22,25,26). The van der Waals surface area contributed by atoms with Gasteiger partial charge in [0.05, 0.1) is 12.9 Å². The highest BCUT2D eigenvalue weighted by Gasteiger charge is 2.33. The van der Waals surface area contributed by atoms with Crippen LogP contribution < -0.4 is 10.1 Å². The van der Waals surface area contributed by atoms with Gasteiger partial charge in [0, 0.05) is 11.4 Å². The predicted molar refractivity (Wildman–Crippen MR) is 115 cm³/mol. The Morgan fingerprint density at radius 2 is 1.88 bits per heavy atom. The molecule has 1 aliphatic rings. The molecule has 2 aromatic rings. The highest BCUT2D eigenvalue weighted by atomic mass is 32.2. The summed E-state index contributed by atoms with van der Waals surface area (Å²) in [5.74, 6) is -0.180. The maximum Gasteiger partial charge on any atom is 0.420 e. The van der Waals surface area contributed by atoms with Crippen molar-refractivity contribution in [2.45, 2.75) is 52.0 Å². The van der Waals surface area contributed by atoms with E-state index in [1.54, 1.807) is 13.8 Å². The van der Waals surface area contributed by atoms with E-state index < -0.39 is 34.2 Å². The summed E-state index contributed by atoms with van der Waals surface area (Å²) in [5.41, 5.74) is 0.610. The van der Waals surface area contributed by atoms with Gasteiger partial charge in [-0.2, -0.15) is 0 Å². The largest absolute Gasteiger partial charge is 0.462 e. The second-order valence-electron chi connectivity index (χ2n) is 7.58. The number of esters is 1. The highest BCUT2D eigenvalue weighted by Crippen LogP contribution is 2.30. The smallest absolute Gasteiger partial charge is 0.420 e. The Balaban J connectivity index is 1.76. The zero-order valence-corrected chi connectivity index (χ0v) is 19.0. The highest BCUT2D eigenvalue weighted by molar-refractivity contribution is 7.88. The van der Waals surface area contributed by atoms with Crippen molar-refractivity contribution in [2.24, 2.45) is 0 Å². The van der Waals surface area contributed by atoms with E-state index in [1.807, 2.05) is 5.32 Å². The number of fused-ring (bicyclic) bond motifs is 1. The van der Waals surface area contributed by atoms with Crippen molar-refractivity contribution < 1.29 is 36.7 Å². The molecule has 32 heavy (non-hydrogen) atoms. The van der Waals surface area contributed by atoms with E-state index >= 15 is 0 Å². The normalized spacial score (nSPS) is 14.7. The predicted octanol–water partition coefficient (Wildman–Crippen LogP) is 3.72. The first-order valence-electron chi connectivity index (χ1n) is 10.3. The minimum atomic E-state index is -3.88. The summed E-state index contributed by atoms with van der Waals surface area (Å²) in [4.78, 5) is 37.1. The molecule has 1 saturated carbocycles. The molecule has 11 heteroatoms. The molecule has 1 heterocycles. The molecule has 0 bridgehead atoms. The Kier molecular flexibility index (Phi) is 7.07. The van der Waals surface area contributed by atoms with Crippen LogP contribution in [0.2, 0.25) is 0 Å². The van der Waals surface area contributed by atoms with Gasteiger partial charge in [-0.15, -0.1) is 0 Å². The Morgan fingerprint density at radius 3 is 2.50 bits per heavy atom. The molecular weight excluding hydrogens is 440 g/mol. The van der Waals surface area contributed by atoms with Crippen molar-refractivity contribution in [1.29, 1.82) is 0 Å². The number of nitrogens with one attached hydrogen (secondary N) is 1. The van der Waals surface area contributed by atoms with E-state index in [1.165, 1.54) is 18.2 Å². The lowest BCUT2D eigenvalue weighted by atomic mass is 9.96. The number of urea groups is 1. The Hall–Kier alpha value is -3.08. The van der Waals surface area contributed by atoms with Gasteiger partial charge in [0.2, 0.25) is 10.0 Å². The zero-order valence-electron chi connectivity index (χ0n) is 18.2. The lowest BCUT2D eigenvalue weighted by Gasteiger charge is -2.31. The number of furan rings is 1. The van der Waals surface area contributed by atoms with Crippen LogP contribution in [-0.2, 0) is 14.8 Å². The molecule has 10 nitrogen and oxygen atoms in total. The molecular formula is C21H26N2O8S. The summed E-state index contributed by atoms with van der Waals surface area (Å²) in [6, 6.07) is 2.80. The first-order valence-corrected chi connectivity index (χ1v) is 12.2. The summed E-state index contributed by atoms with van der Waals surface area (Å²) in [6.45, 7) is 3.48. The minimum Gasteiger partial charge on any atom is -0.462 e. The lowest BCUT2D eigenvalue weighted by molar-refractivity contribution is 0.0526. The number of hydrogen-bond donors (Lipinski definition) is 1. The molecule has 0 aliphatic heterocycles. The van der Waals surface area contributed by atoms with E-state index in [-0.39, 0.29) is 17.9 Å². The molecule has 1 fully saturated rings. The maximum atomic E-state index is 12.6. The maximum absolute atomic E-state index is 12.6. The van der Waals surface area contributed by atoms with Crippen molar-refractivity contribution in [2.75, 3.05) is 12.9 Å². The van der Waals surface area contributed by atoms with E-state index in [4.69, 9.17) is 13.9 Å². The van der Waals surface area contributed by atoms with Crippen LogP contribution in [0.15, 0.2) is 22.6 Å². The second kappa shape index (κ2) is 9.60. The van der Waals surface area contributed by atoms with Gasteiger partial charge in [0.15, 0.2) is 0 Å². The third kappa shape index (κ3) is 5.21. The van der Waals surface area contributed by atoms with E-state index in [9.17, 15) is 22.8 Å². The average Bonchev–Trinajstić information content (AvgIpc) is 3.03. The monoisotopic (exact) mass is 466 g/mol. The van der Waals surface area contributed by atoms with Gasteiger partial charge in [-0.05, 0) is 44.9 Å². The van der Waals surface area contributed by atoms with Gasteiger partial charge in [0.25, 0.3) is 0 Å². The molecule has 1 aromatic carbocycles. The fraction of sp³-hybridized carbons (Fsp3) is 0.476. The molecule has 3 rings (SSSR count). The van der Waals surface area contributed by atoms with Crippen LogP contribution in [0.3, 0.4) is 0 Å². The van der Waals surface area contributed by atoms with Gasteiger partial charge in [-0.1, -0.05) is 19.3 Å². The van der Waals surface area contributed by atoms with Crippen molar-refractivity contribution in [1.82, 2.24) is 9.62 Å². The Bertz CT molecular complexity index is 1130. The number of aryl methyl sites for hydroxylation is 1. The number of sulfonamides is 1. The van der Waals surface area contributed by atoms with Crippen LogP contribution in [0.1, 0.15) is 55.1 Å². The summed E-state index contributed by atoms with van der Waals surface area (Å²) in [6.07, 6.45) is 3.46.